The molecule has 3 aromatic carbocycles. The van der Waals surface area contributed by atoms with Crippen LogP contribution in [0.1, 0.15) is 0 Å². The molecule has 9 nitrogen and oxygen atoms in total. The van der Waals surface area contributed by atoms with E-state index >= 15 is 0 Å². The standard InChI is InChI=1S/C24H20Cl2N8O/c25-18-10-5-11-19(26)22(18)35-17-9-4-8-16(12-17)32-23(27)34-24(28)33-21-13-20(29-14-30-21)31-15-6-2-1-3-7-15/h1-14H,(H6,27,28,29,30,31,32,33,34). The summed E-state index contributed by atoms with van der Waals surface area (Å²) in [5.74, 6) is 1.67. The quantitative estimate of drug-likeness (QED) is 0.194. The maximum atomic E-state index is 6.17. The third kappa shape index (κ3) is 6.83. The number of rotatable bonds is 6. The highest BCUT2D eigenvalue weighted by molar-refractivity contribution is 6.37. The van der Waals surface area contributed by atoms with Crippen LogP contribution in [0.15, 0.2) is 95.2 Å². The van der Waals surface area contributed by atoms with Crippen LogP contribution >= 0.6 is 23.2 Å². The molecule has 0 atom stereocenters. The first-order valence-electron chi connectivity index (χ1n) is 10.3. The number of aliphatic imine (C=N–C) groups is 2. The minimum absolute atomic E-state index is 0.0240. The molecule has 0 fully saturated rings. The lowest BCUT2D eigenvalue weighted by Crippen LogP contribution is -2.26. The van der Waals surface area contributed by atoms with Crippen LogP contribution in [0, 0.1) is 0 Å². The number of hydrogen-bond donors (Lipinski definition) is 4. The first kappa shape index (κ1) is 23.8. The van der Waals surface area contributed by atoms with Crippen molar-refractivity contribution >= 4 is 58.1 Å². The molecule has 0 bridgehead atoms. The number of anilines is 3. The summed E-state index contributed by atoms with van der Waals surface area (Å²) < 4.78 is 5.82. The van der Waals surface area contributed by atoms with E-state index in [1.165, 1.54) is 6.33 Å². The maximum Gasteiger partial charge on any atom is 0.225 e. The first-order chi connectivity index (χ1) is 17.0. The summed E-state index contributed by atoms with van der Waals surface area (Å²) in [6.07, 6.45) is 1.37. The second kappa shape index (κ2) is 11.2. The summed E-state index contributed by atoms with van der Waals surface area (Å²) in [6, 6.07) is 23.4. The number of guanidine groups is 2. The summed E-state index contributed by atoms with van der Waals surface area (Å²) in [4.78, 5) is 16.5. The fourth-order valence-electron chi connectivity index (χ4n) is 2.92. The van der Waals surface area contributed by atoms with Gasteiger partial charge in [0.1, 0.15) is 17.9 Å². The van der Waals surface area contributed by atoms with E-state index in [0.29, 0.717) is 38.9 Å². The van der Waals surface area contributed by atoms with E-state index < -0.39 is 0 Å². The summed E-state index contributed by atoms with van der Waals surface area (Å²) >= 11 is 12.3. The SMILES string of the molecule is NC(=Nc1cc(Nc2ccccc2)ncn1)N=C(N)Nc1cccc(Oc2c(Cl)cccc2Cl)c1. The van der Waals surface area contributed by atoms with Crippen molar-refractivity contribution in [2.24, 2.45) is 21.5 Å². The predicted octanol–water partition coefficient (Wildman–Crippen LogP) is 5.69. The molecule has 0 aliphatic rings. The predicted molar refractivity (Wildman–Crippen MR) is 141 cm³/mol. The van der Waals surface area contributed by atoms with Crippen LogP contribution in [0.2, 0.25) is 10.0 Å². The highest BCUT2D eigenvalue weighted by atomic mass is 35.5. The van der Waals surface area contributed by atoms with Crippen LogP contribution in [-0.2, 0) is 0 Å². The van der Waals surface area contributed by atoms with Gasteiger partial charge in [-0.3, -0.25) is 0 Å². The van der Waals surface area contributed by atoms with E-state index in [2.05, 4.69) is 30.6 Å². The fraction of sp³-hybridized carbons (Fsp3) is 0. The van der Waals surface area contributed by atoms with Crippen LogP contribution in [0.4, 0.5) is 23.0 Å². The Kier molecular flexibility index (Phi) is 7.61. The topological polar surface area (TPSA) is 136 Å². The molecule has 1 heterocycles. The van der Waals surface area contributed by atoms with Crippen molar-refractivity contribution in [1.82, 2.24) is 9.97 Å². The largest absolute Gasteiger partial charge is 0.454 e. The Hall–Kier alpha value is -4.34. The van der Waals surface area contributed by atoms with Gasteiger partial charge < -0.3 is 26.8 Å². The molecule has 0 unspecified atom stereocenters. The molecule has 0 aliphatic heterocycles. The fourth-order valence-corrected chi connectivity index (χ4v) is 3.40. The third-order valence-electron chi connectivity index (χ3n) is 4.41. The average Bonchev–Trinajstić information content (AvgIpc) is 2.82. The number of benzene rings is 3. The van der Waals surface area contributed by atoms with Gasteiger partial charge in [-0.1, -0.05) is 53.5 Å². The molecule has 35 heavy (non-hydrogen) atoms. The number of nitrogens with zero attached hydrogens (tertiary/aromatic N) is 4. The molecule has 1 aromatic heterocycles. The van der Waals surface area contributed by atoms with Crippen molar-refractivity contribution in [3.8, 4) is 11.5 Å². The van der Waals surface area contributed by atoms with Crippen molar-refractivity contribution in [1.29, 1.82) is 0 Å². The van der Waals surface area contributed by atoms with E-state index in [4.69, 9.17) is 39.4 Å². The Morgan fingerprint density at radius 1 is 0.829 bits per heavy atom. The average molecular weight is 507 g/mol. The number of nitrogens with one attached hydrogen (secondary N) is 2. The molecule has 0 radical (unpaired) electrons. The van der Waals surface area contributed by atoms with Gasteiger partial charge in [0.25, 0.3) is 0 Å². The summed E-state index contributed by atoms with van der Waals surface area (Å²) in [7, 11) is 0. The lowest BCUT2D eigenvalue weighted by Gasteiger charge is -2.11. The highest BCUT2D eigenvalue weighted by Crippen LogP contribution is 2.36. The Morgan fingerprint density at radius 2 is 1.54 bits per heavy atom. The van der Waals surface area contributed by atoms with Gasteiger partial charge in [-0.15, -0.1) is 0 Å². The molecule has 0 aliphatic carbocycles. The van der Waals surface area contributed by atoms with Gasteiger partial charge in [-0.2, -0.15) is 9.98 Å². The van der Waals surface area contributed by atoms with Gasteiger partial charge in [-0.25, -0.2) is 9.97 Å². The molecular weight excluding hydrogens is 487 g/mol. The summed E-state index contributed by atoms with van der Waals surface area (Å²) in [5.41, 5.74) is 13.4. The van der Waals surface area contributed by atoms with Crippen molar-refractivity contribution in [2.45, 2.75) is 0 Å². The zero-order chi connectivity index (χ0) is 24.6. The Balaban J connectivity index is 1.43. The Bertz CT molecular complexity index is 1360. The number of nitrogens with two attached hydrogens (primary N) is 2. The van der Waals surface area contributed by atoms with E-state index in [1.54, 1.807) is 48.5 Å². The Morgan fingerprint density at radius 3 is 2.31 bits per heavy atom. The normalized spacial score (nSPS) is 11.7. The van der Waals surface area contributed by atoms with Crippen molar-refractivity contribution < 1.29 is 4.74 Å². The monoisotopic (exact) mass is 506 g/mol. The molecule has 0 spiro atoms. The molecule has 4 aromatic rings. The van der Waals surface area contributed by atoms with Crippen LogP contribution in [-0.4, -0.2) is 21.9 Å². The molecular formula is C24H20Cl2N8O. The van der Waals surface area contributed by atoms with Crippen LogP contribution in [0.25, 0.3) is 0 Å². The zero-order valence-electron chi connectivity index (χ0n) is 18.2. The minimum Gasteiger partial charge on any atom is -0.454 e. The number of hydrogen-bond acceptors (Lipinski definition) is 5. The van der Waals surface area contributed by atoms with Crippen molar-refractivity contribution in [3.05, 3.63) is 95.2 Å². The molecule has 11 heteroatoms. The van der Waals surface area contributed by atoms with Crippen molar-refractivity contribution in [3.63, 3.8) is 0 Å². The van der Waals surface area contributed by atoms with Crippen LogP contribution in [0.3, 0.4) is 0 Å². The van der Waals surface area contributed by atoms with Gasteiger partial charge in [0.2, 0.25) is 11.9 Å². The van der Waals surface area contributed by atoms with Gasteiger partial charge >= 0.3 is 0 Å². The van der Waals surface area contributed by atoms with Gasteiger partial charge in [-0.05, 0) is 36.4 Å². The van der Waals surface area contributed by atoms with E-state index in [9.17, 15) is 0 Å². The molecule has 4 rings (SSSR count). The first-order valence-corrected chi connectivity index (χ1v) is 11.0. The van der Waals surface area contributed by atoms with E-state index in [-0.39, 0.29) is 11.9 Å². The zero-order valence-corrected chi connectivity index (χ0v) is 19.7. The number of aromatic nitrogens is 2. The minimum atomic E-state index is -0.0883. The summed E-state index contributed by atoms with van der Waals surface area (Å²) in [6.45, 7) is 0. The maximum absolute atomic E-state index is 6.17. The lowest BCUT2D eigenvalue weighted by atomic mass is 10.3. The molecule has 6 N–H and O–H groups in total. The molecule has 176 valence electrons. The van der Waals surface area contributed by atoms with Crippen LogP contribution in [0.5, 0.6) is 11.5 Å². The van der Waals surface area contributed by atoms with Gasteiger partial charge in [0, 0.05) is 23.5 Å². The Labute approximate surface area is 211 Å². The number of halogens is 2. The van der Waals surface area contributed by atoms with Gasteiger partial charge in [0.05, 0.1) is 10.0 Å². The van der Waals surface area contributed by atoms with E-state index in [0.717, 1.165) is 5.69 Å². The van der Waals surface area contributed by atoms with Gasteiger partial charge in [0.15, 0.2) is 11.6 Å². The number of ether oxygens (including phenoxy) is 1. The lowest BCUT2D eigenvalue weighted by molar-refractivity contribution is 0.483. The van der Waals surface area contributed by atoms with Crippen LogP contribution < -0.4 is 26.8 Å². The van der Waals surface area contributed by atoms with E-state index in [1.807, 2.05) is 30.3 Å². The molecule has 0 saturated carbocycles. The highest BCUT2D eigenvalue weighted by Gasteiger charge is 2.09. The number of para-hydroxylation sites is 2. The second-order valence-corrected chi connectivity index (χ2v) is 7.84. The third-order valence-corrected chi connectivity index (χ3v) is 5.00. The molecule has 0 saturated heterocycles. The summed E-state index contributed by atoms with van der Waals surface area (Å²) in [5, 5.41) is 6.88. The smallest absolute Gasteiger partial charge is 0.225 e. The second-order valence-electron chi connectivity index (χ2n) is 7.03. The molecule has 0 amide bonds. The van der Waals surface area contributed by atoms with Crippen molar-refractivity contribution in [2.75, 3.05) is 10.6 Å².